The highest BCUT2D eigenvalue weighted by Gasteiger charge is 1.99. The third kappa shape index (κ3) is 4.26. The van der Waals surface area contributed by atoms with Gasteiger partial charge in [-0.15, -0.1) is 0 Å². The number of oxazole rings is 1. The minimum Gasteiger partial charge on any atom is -0.444 e. The Hall–Kier alpha value is -1.64. The van der Waals surface area contributed by atoms with Gasteiger partial charge < -0.3 is 4.42 Å². The minimum absolute atomic E-state index is 0.778. The van der Waals surface area contributed by atoms with E-state index in [0.717, 1.165) is 17.0 Å². The molecule has 2 aromatic rings. The Morgan fingerprint density at radius 1 is 1.12 bits per heavy atom. The summed E-state index contributed by atoms with van der Waals surface area (Å²) < 4.78 is 5.14. The van der Waals surface area contributed by atoms with Crippen molar-refractivity contribution in [1.29, 1.82) is 0 Å². The fourth-order valence-electron chi connectivity index (χ4n) is 1.06. The van der Waals surface area contributed by atoms with Crippen molar-refractivity contribution in [2.75, 3.05) is 0 Å². The van der Waals surface area contributed by atoms with Crippen LogP contribution in [0, 0.1) is 6.92 Å². The predicted molar refractivity (Wildman–Crippen MR) is 67.2 cm³/mol. The van der Waals surface area contributed by atoms with Gasteiger partial charge in [-0.05, 0) is 19.1 Å². The van der Waals surface area contributed by atoms with Gasteiger partial charge in [0.2, 0.25) is 0 Å². The number of hydrogen-bond donors (Lipinski definition) is 0. The van der Waals surface area contributed by atoms with Crippen molar-refractivity contribution in [3.63, 3.8) is 0 Å². The molecular weight excluding hydrogens is 200 g/mol. The smallest absolute Gasteiger partial charge is 0.181 e. The number of hydrogen-bond acceptors (Lipinski definition) is 3. The van der Waals surface area contributed by atoms with Crippen molar-refractivity contribution in [3.05, 3.63) is 36.6 Å². The summed E-state index contributed by atoms with van der Waals surface area (Å²) in [6.07, 6.45) is 4.87. The van der Waals surface area contributed by atoms with Gasteiger partial charge in [-0.1, -0.05) is 27.7 Å². The van der Waals surface area contributed by atoms with Crippen molar-refractivity contribution < 1.29 is 4.42 Å². The summed E-state index contributed by atoms with van der Waals surface area (Å²) >= 11 is 0. The Labute approximate surface area is 97.6 Å². The molecular formula is C13H20N2O. The second-order valence-electron chi connectivity index (χ2n) is 2.55. The number of pyridine rings is 1. The molecule has 0 aromatic carbocycles. The van der Waals surface area contributed by atoms with Gasteiger partial charge >= 0.3 is 0 Å². The molecule has 0 atom stereocenters. The molecule has 88 valence electrons. The van der Waals surface area contributed by atoms with Crippen molar-refractivity contribution in [2.24, 2.45) is 0 Å². The normalized spacial score (nSPS) is 8.31. The number of aryl methyl sites for hydroxylation is 1. The molecule has 0 unspecified atom stereocenters. The summed E-state index contributed by atoms with van der Waals surface area (Å²) in [7, 11) is 0. The van der Waals surface area contributed by atoms with Gasteiger partial charge in [0, 0.05) is 17.5 Å². The first-order valence-corrected chi connectivity index (χ1v) is 5.68. The summed E-state index contributed by atoms with van der Waals surface area (Å²) in [4.78, 5) is 7.93. The van der Waals surface area contributed by atoms with E-state index in [2.05, 4.69) is 9.97 Å². The van der Waals surface area contributed by atoms with Crippen LogP contribution in [0.25, 0.3) is 11.3 Å². The SMILES string of the molecule is CC.CC.Cc1cc(-c2cnco2)ccn1. The molecule has 0 spiro atoms. The minimum atomic E-state index is 0.778. The van der Waals surface area contributed by atoms with E-state index in [0.29, 0.717) is 0 Å². The number of aromatic nitrogens is 2. The Bertz CT molecular complexity index is 369. The van der Waals surface area contributed by atoms with Crippen LogP contribution in [-0.4, -0.2) is 9.97 Å². The number of rotatable bonds is 1. The summed E-state index contributed by atoms with van der Waals surface area (Å²) in [5.74, 6) is 0.778. The van der Waals surface area contributed by atoms with Crippen LogP contribution >= 0.6 is 0 Å². The maximum atomic E-state index is 5.14. The lowest BCUT2D eigenvalue weighted by Crippen LogP contribution is -1.80. The first kappa shape index (κ1) is 14.4. The summed E-state index contributed by atoms with van der Waals surface area (Å²) in [5, 5.41) is 0. The van der Waals surface area contributed by atoms with Gasteiger partial charge in [-0.25, -0.2) is 4.98 Å². The average molecular weight is 220 g/mol. The molecule has 3 nitrogen and oxygen atoms in total. The summed E-state index contributed by atoms with van der Waals surface area (Å²) in [6.45, 7) is 9.94. The van der Waals surface area contributed by atoms with E-state index >= 15 is 0 Å². The molecule has 0 bridgehead atoms. The van der Waals surface area contributed by atoms with Crippen LogP contribution < -0.4 is 0 Å². The Morgan fingerprint density at radius 3 is 2.31 bits per heavy atom. The van der Waals surface area contributed by atoms with E-state index in [-0.39, 0.29) is 0 Å². The third-order valence-electron chi connectivity index (χ3n) is 1.61. The second-order valence-corrected chi connectivity index (χ2v) is 2.55. The average Bonchev–Trinajstić information content (AvgIpc) is 2.88. The zero-order valence-electron chi connectivity index (χ0n) is 10.7. The van der Waals surface area contributed by atoms with E-state index in [1.54, 1.807) is 12.4 Å². The van der Waals surface area contributed by atoms with Crippen LogP contribution in [0.1, 0.15) is 33.4 Å². The quantitative estimate of drug-likeness (QED) is 0.726. The van der Waals surface area contributed by atoms with Gasteiger partial charge in [0.15, 0.2) is 12.2 Å². The largest absolute Gasteiger partial charge is 0.444 e. The van der Waals surface area contributed by atoms with Gasteiger partial charge in [-0.2, -0.15) is 0 Å². The molecule has 0 saturated carbocycles. The van der Waals surface area contributed by atoms with Crippen molar-refractivity contribution in [3.8, 4) is 11.3 Å². The van der Waals surface area contributed by atoms with Gasteiger partial charge in [0.05, 0.1) is 6.20 Å². The zero-order valence-corrected chi connectivity index (χ0v) is 10.7. The first-order valence-electron chi connectivity index (χ1n) is 5.68. The van der Waals surface area contributed by atoms with Crippen molar-refractivity contribution >= 4 is 0 Å². The predicted octanol–water partition coefficient (Wildman–Crippen LogP) is 4.10. The maximum Gasteiger partial charge on any atom is 0.181 e. The molecule has 2 rings (SSSR count). The lowest BCUT2D eigenvalue weighted by molar-refractivity contribution is 0.572. The third-order valence-corrected chi connectivity index (χ3v) is 1.61. The molecule has 0 aliphatic heterocycles. The molecule has 0 aliphatic rings. The molecule has 0 amide bonds. The Morgan fingerprint density at radius 2 is 1.81 bits per heavy atom. The van der Waals surface area contributed by atoms with E-state index < -0.39 is 0 Å². The van der Waals surface area contributed by atoms with Crippen molar-refractivity contribution in [1.82, 2.24) is 9.97 Å². The summed E-state index contributed by atoms with van der Waals surface area (Å²) in [6, 6.07) is 3.86. The highest BCUT2D eigenvalue weighted by molar-refractivity contribution is 5.55. The van der Waals surface area contributed by atoms with Crippen LogP contribution in [0.4, 0.5) is 0 Å². The van der Waals surface area contributed by atoms with Crippen LogP contribution in [0.5, 0.6) is 0 Å². The second kappa shape index (κ2) is 8.65. The molecule has 0 saturated heterocycles. The highest BCUT2D eigenvalue weighted by atomic mass is 16.3. The Balaban J connectivity index is 0.000000509. The monoisotopic (exact) mass is 220 g/mol. The van der Waals surface area contributed by atoms with Gasteiger partial charge in [0.25, 0.3) is 0 Å². The van der Waals surface area contributed by atoms with E-state index in [4.69, 9.17) is 4.42 Å². The molecule has 0 N–H and O–H groups in total. The van der Waals surface area contributed by atoms with E-state index in [1.807, 2.05) is 46.8 Å². The Kier molecular flexibility index (Phi) is 7.76. The molecule has 0 fully saturated rings. The zero-order chi connectivity index (χ0) is 12.4. The first-order chi connectivity index (χ1) is 7.86. The van der Waals surface area contributed by atoms with E-state index in [9.17, 15) is 0 Å². The molecule has 3 heteroatoms. The van der Waals surface area contributed by atoms with Crippen LogP contribution in [0.15, 0.2) is 35.3 Å². The topological polar surface area (TPSA) is 38.9 Å². The number of nitrogens with zero attached hydrogens (tertiary/aromatic N) is 2. The van der Waals surface area contributed by atoms with Gasteiger partial charge in [-0.3, -0.25) is 4.98 Å². The molecule has 0 aliphatic carbocycles. The fourth-order valence-corrected chi connectivity index (χ4v) is 1.06. The van der Waals surface area contributed by atoms with Crippen LogP contribution in [0.3, 0.4) is 0 Å². The highest BCUT2D eigenvalue weighted by Crippen LogP contribution is 2.17. The van der Waals surface area contributed by atoms with Crippen LogP contribution in [0.2, 0.25) is 0 Å². The standard InChI is InChI=1S/C9H8N2O.2C2H6/c1-7-4-8(2-3-11-7)9-5-10-6-12-9;2*1-2/h2-6H,1H3;2*1-2H3. The van der Waals surface area contributed by atoms with Crippen LogP contribution in [-0.2, 0) is 0 Å². The summed E-state index contributed by atoms with van der Waals surface area (Å²) in [5.41, 5.74) is 1.99. The molecule has 0 radical (unpaired) electrons. The molecule has 2 heterocycles. The van der Waals surface area contributed by atoms with Crippen molar-refractivity contribution in [2.45, 2.75) is 34.6 Å². The maximum absolute atomic E-state index is 5.14. The lowest BCUT2D eigenvalue weighted by atomic mass is 10.2. The molecule has 16 heavy (non-hydrogen) atoms. The molecule has 2 aromatic heterocycles. The van der Waals surface area contributed by atoms with Gasteiger partial charge in [0.1, 0.15) is 0 Å². The lowest BCUT2D eigenvalue weighted by Gasteiger charge is -1.95. The van der Waals surface area contributed by atoms with E-state index in [1.165, 1.54) is 6.39 Å². The fraction of sp³-hybridized carbons (Fsp3) is 0.385.